The van der Waals surface area contributed by atoms with Crippen LogP contribution >= 0.6 is 0 Å². The summed E-state index contributed by atoms with van der Waals surface area (Å²) in [5, 5.41) is 0. The van der Waals surface area contributed by atoms with Crippen molar-refractivity contribution in [2.75, 3.05) is 13.6 Å². The number of amides is 1. The van der Waals surface area contributed by atoms with E-state index in [0.717, 1.165) is 35.8 Å². The first kappa shape index (κ1) is 14.2. The molecule has 0 saturated heterocycles. The highest BCUT2D eigenvalue weighted by Gasteiger charge is 2.48. The zero-order valence-corrected chi connectivity index (χ0v) is 12.5. The molecule has 0 radical (unpaired) electrons. The lowest BCUT2D eigenvalue weighted by Gasteiger charge is -2.22. The second-order valence-electron chi connectivity index (χ2n) is 6.32. The van der Waals surface area contributed by atoms with E-state index in [9.17, 15) is 4.79 Å². The lowest BCUT2D eigenvalue weighted by atomic mass is 10.0. The average Bonchev–Trinajstić information content (AvgIpc) is 3.10. The lowest BCUT2D eigenvalue weighted by molar-refractivity contribution is -0.134. The molecule has 3 nitrogen and oxygen atoms in total. The van der Waals surface area contributed by atoms with E-state index in [1.54, 1.807) is 0 Å². The second-order valence-corrected chi connectivity index (χ2v) is 6.32. The van der Waals surface area contributed by atoms with Crippen molar-refractivity contribution in [1.82, 2.24) is 4.90 Å². The maximum Gasteiger partial charge on any atom is 0.225 e. The Bertz CT molecular complexity index is 589. The van der Waals surface area contributed by atoms with Crippen molar-refractivity contribution in [3.8, 4) is 11.8 Å². The topological polar surface area (TPSA) is 46.3 Å². The van der Waals surface area contributed by atoms with E-state index in [-0.39, 0.29) is 5.92 Å². The van der Waals surface area contributed by atoms with Gasteiger partial charge in [0.05, 0.1) is 6.54 Å². The fraction of sp³-hybridized carbons (Fsp3) is 0.500. The highest BCUT2D eigenvalue weighted by Crippen LogP contribution is 2.54. The smallest absolute Gasteiger partial charge is 0.225 e. The number of hydrogen-bond acceptors (Lipinski definition) is 2. The van der Waals surface area contributed by atoms with E-state index in [0.29, 0.717) is 19.0 Å². The molecule has 1 aromatic rings. The summed E-state index contributed by atoms with van der Waals surface area (Å²) in [7, 11) is 1.91. The first-order chi connectivity index (χ1) is 10.2. The fourth-order valence-corrected chi connectivity index (χ4v) is 3.48. The van der Waals surface area contributed by atoms with Gasteiger partial charge in [-0.05, 0) is 48.8 Å². The third-order valence-corrected chi connectivity index (χ3v) is 4.65. The quantitative estimate of drug-likeness (QED) is 0.862. The zero-order chi connectivity index (χ0) is 14.8. The minimum Gasteiger partial charge on any atom is -0.341 e. The number of hydrogen-bond donors (Lipinski definition) is 1. The summed E-state index contributed by atoms with van der Waals surface area (Å²) in [5.74, 6) is 8.16. The van der Waals surface area contributed by atoms with Gasteiger partial charge < -0.3 is 10.6 Å². The van der Waals surface area contributed by atoms with Crippen molar-refractivity contribution < 1.29 is 4.79 Å². The Morgan fingerprint density at radius 2 is 2.10 bits per heavy atom. The molecule has 0 spiro atoms. The van der Waals surface area contributed by atoms with Crippen LogP contribution in [0.25, 0.3) is 0 Å². The lowest BCUT2D eigenvalue weighted by Crippen LogP contribution is -2.31. The second kappa shape index (κ2) is 5.91. The molecule has 1 aromatic carbocycles. The number of rotatable bonds is 3. The van der Waals surface area contributed by atoms with Crippen molar-refractivity contribution in [2.24, 2.45) is 23.5 Å². The minimum absolute atomic E-state index is 0.263. The molecule has 2 aliphatic carbocycles. The van der Waals surface area contributed by atoms with Gasteiger partial charge in [0, 0.05) is 25.1 Å². The van der Waals surface area contributed by atoms with Gasteiger partial charge >= 0.3 is 0 Å². The summed E-state index contributed by atoms with van der Waals surface area (Å²) in [5.41, 5.74) is 7.48. The van der Waals surface area contributed by atoms with Gasteiger partial charge in [0.25, 0.3) is 0 Å². The Labute approximate surface area is 126 Å². The molecule has 2 saturated carbocycles. The summed E-state index contributed by atoms with van der Waals surface area (Å²) < 4.78 is 0. The highest BCUT2D eigenvalue weighted by atomic mass is 16.2. The first-order valence-electron chi connectivity index (χ1n) is 7.70. The van der Waals surface area contributed by atoms with Crippen molar-refractivity contribution in [3.63, 3.8) is 0 Å². The van der Waals surface area contributed by atoms with Crippen LogP contribution in [-0.4, -0.2) is 24.4 Å². The van der Waals surface area contributed by atoms with Crippen LogP contribution < -0.4 is 5.73 Å². The largest absolute Gasteiger partial charge is 0.341 e. The standard InChI is InChI=1S/C18H22N2O/c1-20(18(21)17-10-15-9-16(15)11-17)12-14-5-2-4-13(8-14)6-3-7-19/h2,4-5,8,15-17H,7,9-12,19H2,1H3. The van der Waals surface area contributed by atoms with Gasteiger partial charge in [0.15, 0.2) is 0 Å². The SMILES string of the molecule is CN(Cc1cccc(C#CCN)c1)C(=O)C1CC2CC2C1. The van der Waals surface area contributed by atoms with Gasteiger partial charge in [0.2, 0.25) is 5.91 Å². The van der Waals surface area contributed by atoms with Crippen LogP contribution in [0.3, 0.4) is 0 Å². The number of nitrogens with zero attached hydrogens (tertiary/aromatic N) is 1. The van der Waals surface area contributed by atoms with Gasteiger partial charge in [-0.3, -0.25) is 4.79 Å². The van der Waals surface area contributed by atoms with Crippen LogP contribution in [0, 0.1) is 29.6 Å². The molecular weight excluding hydrogens is 260 g/mol. The van der Waals surface area contributed by atoms with Crippen molar-refractivity contribution in [1.29, 1.82) is 0 Å². The van der Waals surface area contributed by atoms with Crippen molar-refractivity contribution in [2.45, 2.75) is 25.8 Å². The summed E-state index contributed by atoms with van der Waals surface area (Å²) in [6.07, 6.45) is 3.57. The Morgan fingerprint density at radius 1 is 1.33 bits per heavy atom. The van der Waals surface area contributed by atoms with E-state index >= 15 is 0 Å². The predicted octanol–water partition coefficient (Wildman–Crippen LogP) is 2.00. The van der Waals surface area contributed by atoms with Crippen LogP contribution in [0.5, 0.6) is 0 Å². The van der Waals surface area contributed by atoms with Crippen LogP contribution in [0.1, 0.15) is 30.4 Å². The average molecular weight is 282 g/mol. The maximum atomic E-state index is 12.5. The van der Waals surface area contributed by atoms with Gasteiger partial charge in [-0.15, -0.1) is 0 Å². The summed E-state index contributed by atoms with van der Waals surface area (Å²) in [6.45, 7) is 1.02. The molecule has 2 fully saturated rings. The van der Waals surface area contributed by atoms with E-state index in [4.69, 9.17) is 5.73 Å². The minimum atomic E-state index is 0.263. The molecule has 21 heavy (non-hydrogen) atoms. The summed E-state index contributed by atoms with van der Waals surface area (Å²) in [4.78, 5) is 14.3. The third kappa shape index (κ3) is 3.28. The molecule has 0 aliphatic heterocycles. The van der Waals surface area contributed by atoms with Gasteiger partial charge in [-0.25, -0.2) is 0 Å². The molecule has 2 N–H and O–H groups in total. The van der Waals surface area contributed by atoms with Gasteiger partial charge in [-0.1, -0.05) is 24.0 Å². The fourth-order valence-electron chi connectivity index (χ4n) is 3.48. The first-order valence-corrected chi connectivity index (χ1v) is 7.70. The predicted molar refractivity (Wildman–Crippen MR) is 83.2 cm³/mol. The number of fused-ring (bicyclic) bond motifs is 1. The zero-order valence-electron chi connectivity index (χ0n) is 12.5. The molecule has 0 heterocycles. The van der Waals surface area contributed by atoms with E-state index in [1.807, 2.05) is 36.2 Å². The molecule has 0 aromatic heterocycles. The Balaban J connectivity index is 1.61. The van der Waals surface area contributed by atoms with E-state index in [1.165, 1.54) is 6.42 Å². The monoisotopic (exact) mass is 282 g/mol. The Hall–Kier alpha value is -1.79. The number of carbonyl (C=O) groups is 1. The molecule has 3 rings (SSSR count). The molecule has 2 aliphatic rings. The molecule has 2 atom stereocenters. The number of benzene rings is 1. The van der Waals surface area contributed by atoms with Crippen molar-refractivity contribution in [3.05, 3.63) is 35.4 Å². The van der Waals surface area contributed by atoms with Gasteiger partial charge in [-0.2, -0.15) is 0 Å². The molecule has 1 amide bonds. The normalized spacial score (nSPS) is 25.7. The number of nitrogens with two attached hydrogens (primary N) is 1. The third-order valence-electron chi connectivity index (χ3n) is 4.65. The van der Waals surface area contributed by atoms with Gasteiger partial charge in [0.1, 0.15) is 0 Å². The molecule has 0 bridgehead atoms. The summed E-state index contributed by atoms with van der Waals surface area (Å²) >= 11 is 0. The Kier molecular flexibility index (Phi) is 3.98. The summed E-state index contributed by atoms with van der Waals surface area (Å²) in [6, 6.07) is 8.04. The van der Waals surface area contributed by atoms with Crippen LogP contribution in [0.4, 0.5) is 0 Å². The number of carbonyl (C=O) groups excluding carboxylic acids is 1. The molecular formula is C18H22N2O. The van der Waals surface area contributed by atoms with Crippen LogP contribution in [-0.2, 0) is 11.3 Å². The maximum absolute atomic E-state index is 12.5. The highest BCUT2D eigenvalue weighted by molar-refractivity contribution is 5.79. The van der Waals surface area contributed by atoms with Crippen molar-refractivity contribution >= 4 is 5.91 Å². The Morgan fingerprint density at radius 3 is 2.81 bits per heavy atom. The van der Waals surface area contributed by atoms with E-state index in [2.05, 4.69) is 11.8 Å². The van der Waals surface area contributed by atoms with Crippen LogP contribution in [0.2, 0.25) is 0 Å². The van der Waals surface area contributed by atoms with Crippen LogP contribution in [0.15, 0.2) is 24.3 Å². The van der Waals surface area contributed by atoms with E-state index < -0.39 is 0 Å². The molecule has 2 unspecified atom stereocenters. The molecule has 3 heteroatoms. The molecule has 110 valence electrons.